The molecule has 2 aromatic rings. The summed E-state index contributed by atoms with van der Waals surface area (Å²) < 4.78 is 1.97. The quantitative estimate of drug-likeness (QED) is 0.255. The van der Waals surface area contributed by atoms with Crippen LogP contribution in [0.15, 0.2) is 41.3 Å². The number of nitrogens with one attached hydrogen (secondary N) is 1. The predicted octanol–water partition coefficient (Wildman–Crippen LogP) is 0.658. The SMILES string of the molecule is CN(C)c1cc(CNCc2cccn2C)c(O)c2c1C[C@H]1C[C@H]3[C@H](N(C)C)C(=O)C(C(N)=O)=C(O)[C@@]3(O)C(=O)C1=C2O. The van der Waals surface area contributed by atoms with Crippen LogP contribution in [0.2, 0.25) is 0 Å². The van der Waals surface area contributed by atoms with E-state index in [1.165, 1.54) is 4.90 Å². The van der Waals surface area contributed by atoms with Gasteiger partial charge in [0.25, 0.3) is 5.91 Å². The fraction of sp³-hybridized carbons (Fsp3) is 0.433. The average molecular weight is 580 g/mol. The summed E-state index contributed by atoms with van der Waals surface area (Å²) in [5.74, 6) is -6.63. The maximum absolute atomic E-state index is 14.1. The molecule has 4 atom stereocenters. The first-order chi connectivity index (χ1) is 19.7. The summed E-state index contributed by atoms with van der Waals surface area (Å²) in [5.41, 5.74) is 4.69. The number of phenols is 1. The molecule has 3 aliphatic carbocycles. The zero-order valence-corrected chi connectivity index (χ0v) is 24.3. The van der Waals surface area contributed by atoms with Gasteiger partial charge >= 0.3 is 0 Å². The molecule has 1 amide bonds. The van der Waals surface area contributed by atoms with Crippen molar-refractivity contribution in [3.8, 4) is 5.75 Å². The molecule has 0 saturated heterocycles. The first-order valence-corrected chi connectivity index (χ1v) is 13.7. The van der Waals surface area contributed by atoms with Crippen LogP contribution in [0.5, 0.6) is 5.75 Å². The minimum absolute atomic E-state index is 0.0410. The van der Waals surface area contributed by atoms with Gasteiger partial charge in [-0.25, -0.2) is 0 Å². The predicted molar refractivity (Wildman–Crippen MR) is 155 cm³/mol. The van der Waals surface area contributed by atoms with E-state index in [9.17, 15) is 34.8 Å². The molecule has 1 aromatic heterocycles. The van der Waals surface area contributed by atoms with Gasteiger partial charge in [0.2, 0.25) is 5.78 Å². The van der Waals surface area contributed by atoms with Crippen molar-refractivity contribution in [1.29, 1.82) is 0 Å². The molecule has 1 aromatic carbocycles. The number of aliphatic hydroxyl groups is 3. The highest BCUT2D eigenvalue weighted by atomic mass is 16.3. The molecule has 0 aliphatic heterocycles. The number of hydrogen-bond acceptors (Lipinski definition) is 10. The average Bonchev–Trinajstić information content (AvgIpc) is 3.31. The summed E-state index contributed by atoms with van der Waals surface area (Å²) >= 11 is 0. The van der Waals surface area contributed by atoms with Gasteiger partial charge in [0.05, 0.1) is 11.6 Å². The Kier molecular flexibility index (Phi) is 7.20. The highest BCUT2D eigenvalue weighted by molar-refractivity contribution is 6.24. The van der Waals surface area contributed by atoms with Crippen LogP contribution < -0.4 is 16.0 Å². The van der Waals surface area contributed by atoms with Crippen molar-refractivity contribution < 1.29 is 34.8 Å². The monoisotopic (exact) mass is 579 g/mol. The second kappa shape index (κ2) is 10.3. The van der Waals surface area contributed by atoms with Crippen LogP contribution in [0.4, 0.5) is 5.69 Å². The van der Waals surface area contributed by atoms with E-state index < -0.39 is 58.0 Å². The Morgan fingerprint density at radius 1 is 1.17 bits per heavy atom. The number of aromatic hydroxyl groups is 1. The summed E-state index contributed by atoms with van der Waals surface area (Å²) in [6.45, 7) is 0.786. The summed E-state index contributed by atoms with van der Waals surface area (Å²) in [6.07, 6.45) is 2.20. The number of anilines is 1. The van der Waals surface area contributed by atoms with Gasteiger partial charge in [-0.2, -0.15) is 0 Å². The van der Waals surface area contributed by atoms with Crippen molar-refractivity contribution in [3.63, 3.8) is 0 Å². The smallest absolute Gasteiger partial charge is 0.255 e. The second-order valence-electron chi connectivity index (χ2n) is 11.8. The Morgan fingerprint density at radius 2 is 1.86 bits per heavy atom. The fourth-order valence-electron chi connectivity index (χ4n) is 6.89. The molecule has 224 valence electrons. The Labute approximate surface area is 243 Å². The molecule has 42 heavy (non-hydrogen) atoms. The minimum atomic E-state index is -2.67. The Bertz CT molecular complexity index is 1570. The number of nitrogens with zero attached hydrogens (tertiary/aromatic N) is 3. The molecular formula is C30H37N5O7. The van der Waals surface area contributed by atoms with Crippen LogP contribution in [0.25, 0.3) is 5.76 Å². The number of carbonyl (C=O) groups excluding carboxylic acids is 3. The molecule has 1 fully saturated rings. The summed E-state index contributed by atoms with van der Waals surface area (Å²) in [7, 11) is 8.75. The van der Waals surface area contributed by atoms with E-state index in [4.69, 9.17) is 5.73 Å². The summed E-state index contributed by atoms with van der Waals surface area (Å²) in [4.78, 5) is 42.9. The van der Waals surface area contributed by atoms with Crippen LogP contribution in [-0.4, -0.2) is 87.2 Å². The number of Topliss-reactive ketones (excluding diaryl/α,β-unsaturated/α-hetero) is 2. The molecule has 7 N–H and O–H groups in total. The Morgan fingerprint density at radius 3 is 2.43 bits per heavy atom. The lowest BCUT2D eigenvalue weighted by atomic mass is 9.57. The van der Waals surface area contributed by atoms with E-state index in [-0.39, 0.29) is 36.3 Å². The topological polar surface area (TPSA) is 182 Å². The Balaban J connectivity index is 1.63. The number of fused-ring (bicyclic) bond motifs is 3. The molecule has 1 saturated carbocycles. The standard InChI is InChI=1S/C30H37N5O7/c1-33(2)19-11-15(12-32-13-16-7-6-8-35(16)5)24(36)21-17(19)9-14-10-18-23(34(3)4)26(38)22(29(31)41)28(40)30(18,42)27(39)20(14)25(21)37/h6-8,11,14,18,23,32,36-37,40,42H,9-10,12-13H2,1-5H3,(H2,31,41)/t14-,18-,23-,30-/m0/s1. The number of phenolic OH excluding ortho intramolecular Hbond substituents is 1. The molecular weight excluding hydrogens is 542 g/mol. The van der Waals surface area contributed by atoms with Crippen LogP contribution >= 0.6 is 0 Å². The molecule has 0 unspecified atom stereocenters. The van der Waals surface area contributed by atoms with Gasteiger partial charge < -0.3 is 40.9 Å². The summed E-state index contributed by atoms with van der Waals surface area (Å²) in [6, 6.07) is 4.62. The van der Waals surface area contributed by atoms with Gasteiger partial charge in [0.1, 0.15) is 22.8 Å². The first kappa shape index (κ1) is 29.4. The lowest BCUT2D eigenvalue weighted by Gasteiger charge is -2.50. The zero-order chi connectivity index (χ0) is 30.8. The van der Waals surface area contributed by atoms with Gasteiger partial charge in [-0.05, 0) is 56.6 Å². The van der Waals surface area contributed by atoms with Crippen molar-refractivity contribution in [2.75, 3.05) is 33.1 Å². The van der Waals surface area contributed by atoms with Gasteiger partial charge in [-0.15, -0.1) is 0 Å². The number of hydrogen-bond donors (Lipinski definition) is 6. The van der Waals surface area contributed by atoms with E-state index in [2.05, 4.69) is 5.32 Å². The van der Waals surface area contributed by atoms with E-state index in [1.807, 2.05) is 55.0 Å². The second-order valence-corrected chi connectivity index (χ2v) is 11.8. The fourth-order valence-corrected chi connectivity index (χ4v) is 6.89. The Hall–Kier alpha value is -4.13. The van der Waals surface area contributed by atoms with Crippen LogP contribution in [0, 0.1) is 11.8 Å². The highest BCUT2D eigenvalue weighted by Crippen LogP contribution is 2.54. The van der Waals surface area contributed by atoms with Crippen molar-refractivity contribution in [2.24, 2.45) is 24.6 Å². The number of ketones is 2. The zero-order valence-electron chi connectivity index (χ0n) is 24.3. The van der Waals surface area contributed by atoms with Gasteiger partial charge in [0, 0.05) is 68.9 Å². The van der Waals surface area contributed by atoms with Gasteiger partial charge in [0.15, 0.2) is 11.4 Å². The molecule has 3 aliphatic rings. The van der Waals surface area contributed by atoms with Crippen LogP contribution in [0.1, 0.15) is 28.8 Å². The number of aliphatic hydroxyl groups excluding tert-OH is 2. The third kappa shape index (κ3) is 4.20. The number of nitrogens with two attached hydrogens (primary N) is 1. The van der Waals surface area contributed by atoms with E-state index in [0.29, 0.717) is 17.7 Å². The van der Waals surface area contributed by atoms with Crippen molar-refractivity contribution >= 4 is 28.9 Å². The summed E-state index contributed by atoms with van der Waals surface area (Å²) in [5, 5.41) is 49.2. The number of primary amides is 1. The molecule has 12 heteroatoms. The van der Waals surface area contributed by atoms with Gasteiger partial charge in [-0.1, -0.05) is 0 Å². The minimum Gasteiger partial charge on any atom is -0.508 e. The van der Waals surface area contributed by atoms with E-state index >= 15 is 0 Å². The maximum atomic E-state index is 14.1. The van der Waals surface area contributed by atoms with Crippen LogP contribution in [0.3, 0.4) is 0 Å². The van der Waals surface area contributed by atoms with Crippen molar-refractivity contribution in [3.05, 3.63) is 63.7 Å². The third-order valence-electron chi connectivity index (χ3n) is 8.93. The van der Waals surface area contributed by atoms with Crippen LogP contribution in [-0.2, 0) is 40.9 Å². The largest absolute Gasteiger partial charge is 0.508 e. The number of amides is 1. The number of carbonyl (C=O) groups is 3. The van der Waals surface area contributed by atoms with E-state index in [1.54, 1.807) is 14.1 Å². The number of rotatable bonds is 7. The van der Waals surface area contributed by atoms with Crippen molar-refractivity contribution in [1.82, 2.24) is 14.8 Å². The maximum Gasteiger partial charge on any atom is 0.255 e. The molecule has 0 bridgehead atoms. The lowest BCUT2D eigenvalue weighted by molar-refractivity contribution is -0.153. The van der Waals surface area contributed by atoms with Crippen molar-refractivity contribution in [2.45, 2.75) is 37.6 Å². The first-order valence-electron chi connectivity index (χ1n) is 13.7. The number of aryl methyl sites for hydroxylation is 1. The number of benzene rings is 1. The molecule has 12 nitrogen and oxygen atoms in total. The number of aromatic nitrogens is 1. The van der Waals surface area contributed by atoms with Gasteiger partial charge in [-0.3, -0.25) is 19.3 Å². The molecule has 5 rings (SSSR count). The molecule has 0 spiro atoms. The van der Waals surface area contributed by atoms with E-state index in [0.717, 1.165) is 11.4 Å². The number of likely N-dealkylation sites (N-methyl/N-ethyl adjacent to an activating group) is 1. The normalized spacial score (nSPS) is 25.5. The molecule has 0 radical (unpaired) electrons. The highest BCUT2D eigenvalue weighted by Gasteiger charge is 2.64. The third-order valence-corrected chi connectivity index (χ3v) is 8.93. The lowest BCUT2D eigenvalue weighted by Crippen LogP contribution is -2.65. The molecule has 1 heterocycles.